The summed E-state index contributed by atoms with van der Waals surface area (Å²) in [7, 11) is 0. The van der Waals surface area contributed by atoms with Gasteiger partial charge in [-0.05, 0) is 124 Å². The Morgan fingerprint density at radius 2 is 1.23 bits per heavy atom. The van der Waals surface area contributed by atoms with E-state index in [4.69, 9.17) is 9.41 Å². The molecule has 0 saturated heterocycles. The van der Waals surface area contributed by atoms with Gasteiger partial charge in [-0.15, -0.1) is 0 Å². The van der Waals surface area contributed by atoms with Crippen molar-refractivity contribution in [3.63, 3.8) is 0 Å². The Morgan fingerprint density at radius 3 is 2.13 bits per heavy atom. The summed E-state index contributed by atoms with van der Waals surface area (Å²) >= 11 is 1.90. The standard InChI is InChI=1S/C57H39NOS/c1-35-24-30-49(38-15-4-3-5-16-38)58-50(39-27-31-52-44(33-39)42-18-9-12-22-51(42)59-52)32-36(2)55(35)40-26-28-47-54(34-40)60-53-23-13-11-21-46(53)57(47)45-20-10-8-19-43(45)56-41-17-7-6-14-37(41)25-29-48(56)57/h3-23,25-29,31,33-34H,24,30H2,1-2H3. The zero-order chi connectivity index (χ0) is 40.0. The summed E-state index contributed by atoms with van der Waals surface area (Å²) in [5.41, 5.74) is 22.2. The van der Waals surface area contributed by atoms with Crippen molar-refractivity contribution in [1.82, 2.24) is 0 Å². The number of furan rings is 1. The molecule has 1 atom stereocenters. The summed E-state index contributed by atoms with van der Waals surface area (Å²) in [6.45, 7) is 4.52. The quantitative estimate of drug-likeness (QED) is 0.167. The highest BCUT2D eigenvalue weighted by Gasteiger charge is 2.50. The summed E-state index contributed by atoms with van der Waals surface area (Å²) in [4.78, 5) is 8.06. The molecule has 284 valence electrons. The van der Waals surface area contributed by atoms with Gasteiger partial charge in [0.05, 0.1) is 5.41 Å². The maximum Gasteiger partial charge on any atom is 0.135 e. The second-order valence-electron chi connectivity index (χ2n) is 16.3. The third kappa shape index (κ3) is 5.20. The van der Waals surface area contributed by atoms with Gasteiger partial charge in [0, 0.05) is 37.4 Å². The molecule has 9 aromatic rings. The lowest BCUT2D eigenvalue weighted by Crippen LogP contribution is -2.32. The molecule has 8 aromatic carbocycles. The van der Waals surface area contributed by atoms with Crippen molar-refractivity contribution in [3.05, 3.63) is 232 Å². The number of hydrogen-bond acceptors (Lipinski definition) is 3. The summed E-state index contributed by atoms with van der Waals surface area (Å²) in [6, 6.07) is 64.4. The summed E-state index contributed by atoms with van der Waals surface area (Å²) in [5.74, 6) is 0. The molecular formula is C57H39NOS. The highest BCUT2D eigenvalue weighted by Crippen LogP contribution is 2.63. The van der Waals surface area contributed by atoms with Crippen LogP contribution in [0.4, 0.5) is 0 Å². The van der Waals surface area contributed by atoms with Crippen molar-refractivity contribution < 1.29 is 4.42 Å². The van der Waals surface area contributed by atoms with Gasteiger partial charge in [-0.2, -0.15) is 0 Å². The molecule has 60 heavy (non-hydrogen) atoms. The first kappa shape index (κ1) is 35.1. The van der Waals surface area contributed by atoms with Gasteiger partial charge in [-0.1, -0.05) is 163 Å². The van der Waals surface area contributed by atoms with Crippen molar-refractivity contribution >= 4 is 61.5 Å². The van der Waals surface area contributed by atoms with Gasteiger partial charge in [0.1, 0.15) is 16.9 Å². The lowest BCUT2D eigenvalue weighted by Gasteiger charge is -2.40. The average molecular weight is 786 g/mol. The van der Waals surface area contributed by atoms with Crippen LogP contribution >= 0.6 is 11.8 Å². The Kier molecular flexibility index (Phi) is 7.94. The van der Waals surface area contributed by atoms with Gasteiger partial charge in [0.15, 0.2) is 0 Å². The van der Waals surface area contributed by atoms with Crippen LogP contribution in [-0.2, 0) is 5.41 Å². The zero-order valence-electron chi connectivity index (χ0n) is 33.4. The minimum atomic E-state index is -0.445. The van der Waals surface area contributed by atoms with Gasteiger partial charge < -0.3 is 4.42 Å². The second-order valence-corrected chi connectivity index (χ2v) is 17.4. The van der Waals surface area contributed by atoms with Crippen molar-refractivity contribution in [2.45, 2.75) is 41.9 Å². The van der Waals surface area contributed by atoms with Crippen LogP contribution in [0.1, 0.15) is 65.6 Å². The Hall–Kier alpha value is -6.90. The monoisotopic (exact) mass is 785 g/mol. The highest BCUT2D eigenvalue weighted by molar-refractivity contribution is 7.99. The minimum Gasteiger partial charge on any atom is -0.456 e. The van der Waals surface area contributed by atoms with Crippen molar-refractivity contribution in [2.24, 2.45) is 4.99 Å². The van der Waals surface area contributed by atoms with E-state index in [1.165, 1.54) is 70.7 Å². The highest BCUT2D eigenvalue weighted by atomic mass is 32.2. The molecule has 1 aliphatic carbocycles. The lowest BCUT2D eigenvalue weighted by molar-refractivity contribution is 0.669. The number of rotatable bonds is 3. The van der Waals surface area contributed by atoms with E-state index in [1.54, 1.807) is 0 Å². The smallest absolute Gasteiger partial charge is 0.135 e. The number of hydrogen-bond donors (Lipinski definition) is 0. The zero-order valence-corrected chi connectivity index (χ0v) is 34.2. The Labute approximate surface area is 354 Å². The van der Waals surface area contributed by atoms with Crippen LogP contribution in [0, 0.1) is 0 Å². The Bertz CT molecular complexity index is 3410. The van der Waals surface area contributed by atoms with E-state index in [2.05, 4.69) is 183 Å². The second kappa shape index (κ2) is 13.6. The summed E-state index contributed by atoms with van der Waals surface area (Å²) in [5, 5.41) is 4.77. The molecule has 3 heteroatoms. The molecule has 1 unspecified atom stereocenters. The van der Waals surface area contributed by atoms with Crippen LogP contribution in [0.25, 0.3) is 55.1 Å². The van der Waals surface area contributed by atoms with E-state index in [1.807, 2.05) is 23.9 Å². The predicted octanol–water partition coefficient (Wildman–Crippen LogP) is 15.2. The molecule has 0 amide bonds. The topological polar surface area (TPSA) is 25.5 Å². The SMILES string of the molecule is CC1=C=C(c2ccc3oc4ccccc4c3c2)N=C(c2ccccc2)CCC(C)=C1c1ccc2c(c1)Sc1ccccc1C21c2ccccc2-c2c1ccc1ccccc21. The number of nitrogens with zero attached hydrogens (tertiary/aromatic N) is 1. The Morgan fingerprint density at radius 1 is 0.533 bits per heavy atom. The first-order chi connectivity index (χ1) is 29.6. The molecule has 12 rings (SSSR count). The number of allylic oxidation sites excluding steroid dienone is 3. The van der Waals surface area contributed by atoms with Gasteiger partial charge in [-0.25, -0.2) is 4.99 Å². The number of aliphatic imine (C=N–C) groups is 1. The number of fused-ring (bicyclic) bond motifs is 14. The molecule has 0 fully saturated rings. The van der Waals surface area contributed by atoms with Crippen LogP contribution in [0.3, 0.4) is 0 Å². The van der Waals surface area contributed by atoms with Crippen LogP contribution in [0.2, 0.25) is 0 Å². The molecule has 1 aromatic heterocycles. The molecule has 0 N–H and O–H groups in total. The molecule has 0 bridgehead atoms. The van der Waals surface area contributed by atoms with E-state index >= 15 is 0 Å². The van der Waals surface area contributed by atoms with Crippen LogP contribution in [0.5, 0.6) is 0 Å². The van der Waals surface area contributed by atoms with E-state index in [0.29, 0.717) is 0 Å². The van der Waals surface area contributed by atoms with E-state index < -0.39 is 5.41 Å². The fourth-order valence-electron chi connectivity index (χ4n) is 10.4. The average Bonchev–Trinajstić information content (AvgIpc) is 3.83. The molecule has 2 aliphatic heterocycles. The number of benzene rings is 8. The molecule has 2 nitrogen and oxygen atoms in total. The van der Waals surface area contributed by atoms with Gasteiger partial charge in [0.2, 0.25) is 0 Å². The maximum absolute atomic E-state index is 6.24. The largest absolute Gasteiger partial charge is 0.456 e. The van der Waals surface area contributed by atoms with Crippen molar-refractivity contribution in [3.8, 4) is 11.1 Å². The third-order valence-corrected chi connectivity index (χ3v) is 14.1. The fraction of sp³-hybridized carbons (Fsp3) is 0.0877. The summed E-state index contributed by atoms with van der Waals surface area (Å²) < 4.78 is 6.24. The summed E-state index contributed by atoms with van der Waals surface area (Å²) in [6.07, 6.45) is 1.69. The first-order valence-electron chi connectivity index (χ1n) is 20.8. The Balaban J connectivity index is 1.07. The van der Waals surface area contributed by atoms with Crippen LogP contribution in [0.15, 0.2) is 212 Å². The van der Waals surface area contributed by atoms with Crippen molar-refractivity contribution in [2.75, 3.05) is 0 Å². The molecule has 1 spiro atoms. The van der Waals surface area contributed by atoms with Gasteiger partial charge in [-0.3, -0.25) is 0 Å². The van der Waals surface area contributed by atoms with Crippen molar-refractivity contribution in [1.29, 1.82) is 0 Å². The van der Waals surface area contributed by atoms with E-state index in [0.717, 1.165) is 62.9 Å². The minimum absolute atomic E-state index is 0.445. The fourth-order valence-corrected chi connectivity index (χ4v) is 11.6. The number of para-hydroxylation sites is 1. The van der Waals surface area contributed by atoms with Crippen LogP contribution in [-0.4, -0.2) is 5.71 Å². The van der Waals surface area contributed by atoms with Crippen LogP contribution < -0.4 is 0 Å². The lowest BCUT2D eigenvalue weighted by atomic mass is 9.67. The first-order valence-corrected chi connectivity index (χ1v) is 21.6. The molecule has 0 saturated carbocycles. The normalized spacial score (nSPS) is 17.0. The van der Waals surface area contributed by atoms with E-state index in [9.17, 15) is 0 Å². The maximum atomic E-state index is 6.24. The predicted molar refractivity (Wildman–Crippen MR) is 250 cm³/mol. The molecule has 3 heterocycles. The van der Waals surface area contributed by atoms with Gasteiger partial charge in [0.25, 0.3) is 0 Å². The third-order valence-electron chi connectivity index (χ3n) is 13.0. The molecular weight excluding hydrogens is 747 g/mol. The molecule has 3 aliphatic rings. The van der Waals surface area contributed by atoms with Gasteiger partial charge >= 0.3 is 0 Å². The molecule has 0 radical (unpaired) electrons. The van der Waals surface area contributed by atoms with E-state index in [-0.39, 0.29) is 0 Å².